The Bertz CT molecular complexity index is 393. The Kier molecular flexibility index (Phi) is 5.81. The van der Waals surface area contributed by atoms with E-state index in [1.807, 2.05) is 18.4 Å². The van der Waals surface area contributed by atoms with Gasteiger partial charge in [0.2, 0.25) is 0 Å². The first-order valence-electron chi connectivity index (χ1n) is 7.18. The van der Waals surface area contributed by atoms with Crippen molar-refractivity contribution in [3.8, 4) is 0 Å². The van der Waals surface area contributed by atoms with E-state index in [9.17, 15) is 0 Å². The molecule has 0 aliphatic carbocycles. The Morgan fingerprint density at radius 2 is 2.00 bits per heavy atom. The lowest BCUT2D eigenvalue weighted by Crippen LogP contribution is -2.28. The van der Waals surface area contributed by atoms with Gasteiger partial charge in [0.25, 0.3) is 0 Å². The molecule has 0 aliphatic rings. The maximum absolute atomic E-state index is 4.91. The van der Waals surface area contributed by atoms with Crippen LogP contribution >= 0.6 is 11.3 Å². The first kappa shape index (κ1) is 16.4. The van der Waals surface area contributed by atoms with Crippen LogP contribution in [-0.2, 0) is 12.0 Å². The van der Waals surface area contributed by atoms with E-state index in [0.717, 1.165) is 11.7 Å². The van der Waals surface area contributed by atoms with Gasteiger partial charge in [-0.1, -0.05) is 34.1 Å². The summed E-state index contributed by atoms with van der Waals surface area (Å²) in [5.41, 5.74) is 1.34. The molecular formula is C15H29N3S. The Morgan fingerprint density at radius 1 is 1.37 bits per heavy atom. The fraction of sp³-hybridized carbons (Fsp3) is 0.800. The van der Waals surface area contributed by atoms with Gasteiger partial charge < -0.3 is 10.2 Å². The minimum absolute atomic E-state index is 0.107. The monoisotopic (exact) mass is 283 g/mol. The zero-order valence-corrected chi connectivity index (χ0v) is 14.3. The molecule has 1 aromatic heterocycles. The van der Waals surface area contributed by atoms with Crippen molar-refractivity contribution >= 4 is 16.5 Å². The predicted molar refractivity (Wildman–Crippen MR) is 86.4 cm³/mol. The number of thiazole rings is 1. The van der Waals surface area contributed by atoms with E-state index in [4.69, 9.17) is 4.98 Å². The Labute approximate surface area is 122 Å². The van der Waals surface area contributed by atoms with Gasteiger partial charge in [0.05, 0.1) is 5.69 Å². The summed E-state index contributed by atoms with van der Waals surface area (Å²) in [6, 6.07) is 0.548. The number of nitrogens with one attached hydrogen (secondary N) is 1. The normalized spacial score (nSPS) is 13.6. The largest absolute Gasteiger partial charge is 0.348 e. The highest BCUT2D eigenvalue weighted by Crippen LogP contribution is 2.34. The van der Waals surface area contributed by atoms with Crippen molar-refractivity contribution < 1.29 is 0 Å². The summed E-state index contributed by atoms with van der Waals surface area (Å²) < 4.78 is 0. The number of anilines is 1. The Balaban J connectivity index is 3.03. The van der Waals surface area contributed by atoms with Crippen LogP contribution in [0.3, 0.4) is 0 Å². The van der Waals surface area contributed by atoms with Gasteiger partial charge in [0, 0.05) is 29.9 Å². The number of hydrogen-bond donors (Lipinski definition) is 1. The van der Waals surface area contributed by atoms with E-state index in [1.54, 1.807) is 0 Å². The first-order chi connectivity index (χ1) is 8.81. The van der Waals surface area contributed by atoms with E-state index in [-0.39, 0.29) is 5.41 Å². The molecule has 1 atom stereocenters. The second-order valence-electron chi connectivity index (χ2n) is 6.30. The highest BCUT2D eigenvalue weighted by Gasteiger charge is 2.24. The van der Waals surface area contributed by atoms with Crippen molar-refractivity contribution in [2.75, 3.05) is 19.0 Å². The fourth-order valence-electron chi connectivity index (χ4n) is 2.16. The summed E-state index contributed by atoms with van der Waals surface area (Å²) in [6.45, 7) is 12.1. The van der Waals surface area contributed by atoms with Crippen molar-refractivity contribution in [1.82, 2.24) is 10.3 Å². The lowest BCUT2D eigenvalue weighted by molar-refractivity contribution is 0.560. The number of rotatable bonds is 6. The molecule has 0 aliphatic heterocycles. The molecule has 110 valence electrons. The van der Waals surface area contributed by atoms with E-state index in [1.165, 1.54) is 23.4 Å². The minimum atomic E-state index is 0.107. The number of hydrogen-bond acceptors (Lipinski definition) is 4. The lowest BCUT2D eigenvalue weighted by atomic mass is 9.91. The number of aromatic nitrogens is 1. The van der Waals surface area contributed by atoms with Crippen molar-refractivity contribution in [3.63, 3.8) is 0 Å². The van der Waals surface area contributed by atoms with Gasteiger partial charge in [-0.25, -0.2) is 4.98 Å². The van der Waals surface area contributed by atoms with Crippen LogP contribution in [0, 0.1) is 0 Å². The molecule has 0 bridgehead atoms. The van der Waals surface area contributed by atoms with Gasteiger partial charge in [-0.05, 0) is 20.4 Å². The van der Waals surface area contributed by atoms with Crippen LogP contribution in [-0.4, -0.2) is 25.1 Å². The van der Waals surface area contributed by atoms with Crippen molar-refractivity contribution in [2.45, 2.75) is 65.5 Å². The summed E-state index contributed by atoms with van der Waals surface area (Å²) in [5.74, 6) is 0. The maximum atomic E-state index is 4.91. The zero-order valence-electron chi connectivity index (χ0n) is 13.5. The van der Waals surface area contributed by atoms with E-state index >= 15 is 0 Å². The highest BCUT2D eigenvalue weighted by atomic mass is 32.1. The molecule has 0 radical (unpaired) electrons. The van der Waals surface area contributed by atoms with Crippen LogP contribution in [0.25, 0.3) is 0 Å². The first-order valence-corrected chi connectivity index (χ1v) is 8.00. The number of nitrogens with zero attached hydrogens (tertiary/aromatic N) is 2. The molecule has 0 saturated heterocycles. The quantitative estimate of drug-likeness (QED) is 0.861. The molecule has 19 heavy (non-hydrogen) atoms. The second kappa shape index (κ2) is 6.71. The summed E-state index contributed by atoms with van der Waals surface area (Å²) in [4.78, 5) is 8.59. The molecular weight excluding hydrogens is 254 g/mol. The van der Waals surface area contributed by atoms with Gasteiger partial charge in [-0.3, -0.25) is 0 Å². The SMILES string of the molecule is CCCC(C)N(C)c1nc(C(C)(C)C)c(CNC)s1. The van der Waals surface area contributed by atoms with Crippen LogP contribution in [0.1, 0.15) is 58.0 Å². The molecule has 0 saturated carbocycles. The Morgan fingerprint density at radius 3 is 2.47 bits per heavy atom. The average Bonchev–Trinajstić information content (AvgIpc) is 2.72. The topological polar surface area (TPSA) is 28.2 Å². The molecule has 1 aromatic rings. The predicted octanol–water partition coefficient (Wildman–Crippen LogP) is 3.78. The van der Waals surface area contributed by atoms with Crippen molar-refractivity contribution in [2.24, 2.45) is 0 Å². The summed E-state index contributed by atoms with van der Waals surface area (Å²) >= 11 is 1.83. The second-order valence-corrected chi connectivity index (χ2v) is 7.36. The molecule has 4 heteroatoms. The molecule has 0 amide bonds. The van der Waals surface area contributed by atoms with E-state index in [2.05, 4.69) is 51.9 Å². The third-order valence-corrected chi connectivity index (χ3v) is 4.55. The zero-order chi connectivity index (χ0) is 14.6. The van der Waals surface area contributed by atoms with E-state index < -0.39 is 0 Å². The molecule has 1 rings (SSSR count). The van der Waals surface area contributed by atoms with Gasteiger partial charge in [-0.15, -0.1) is 11.3 Å². The molecule has 1 heterocycles. The van der Waals surface area contributed by atoms with Crippen LogP contribution in [0.4, 0.5) is 5.13 Å². The molecule has 1 N–H and O–H groups in total. The standard InChI is InChI=1S/C15H29N3S/c1-8-9-11(2)18(7)14-17-13(15(3,4)5)12(19-14)10-16-6/h11,16H,8-10H2,1-7H3. The van der Waals surface area contributed by atoms with Crippen molar-refractivity contribution in [3.05, 3.63) is 10.6 Å². The molecule has 0 spiro atoms. The third-order valence-electron chi connectivity index (χ3n) is 3.40. The fourth-order valence-corrected chi connectivity index (χ4v) is 3.50. The van der Waals surface area contributed by atoms with E-state index in [0.29, 0.717) is 6.04 Å². The van der Waals surface area contributed by atoms with Gasteiger partial charge in [-0.2, -0.15) is 0 Å². The van der Waals surface area contributed by atoms with Gasteiger partial charge in [0.1, 0.15) is 0 Å². The molecule has 3 nitrogen and oxygen atoms in total. The summed E-state index contributed by atoms with van der Waals surface area (Å²) in [5, 5.41) is 4.40. The maximum Gasteiger partial charge on any atom is 0.185 e. The van der Waals surface area contributed by atoms with Crippen LogP contribution in [0.2, 0.25) is 0 Å². The van der Waals surface area contributed by atoms with Crippen LogP contribution in [0.15, 0.2) is 0 Å². The third kappa shape index (κ3) is 4.18. The lowest BCUT2D eigenvalue weighted by Gasteiger charge is -2.24. The molecule has 0 fully saturated rings. The average molecular weight is 283 g/mol. The smallest absolute Gasteiger partial charge is 0.185 e. The van der Waals surface area contributed by atoms with Gasteiger partial charge in [0.15, 0.2) is 5.13 Å². The highest BCUT2D eigenvalue weighted by molar-refractivity contribution is 7.15. The summed E-state index contributed by atoms with van der Waals surface area (Å²) in [6.07, 6.45) is 2.43. The minimum Gasteiger partial charge on any atom is -0.348 e. The Hall–Kier alpha value is -0.610. The van der Waals surface area contributed by atoms with Crippen molar-refractivity contribution in [1.29, 1.82) is 0 Å². The molecule has 0 aromatic carbocycles. The van der Waals surface area contributed by atoms with Crippen LogP contribution in [0.5, 0.6) is 0 Å². The molecule has 1 unspecified atom stereocenters. The van der Waals surface area contributed by atoms with Gasteiger partial charge >= 0.3 is 0 Å². The summed E-state index contributed by atoms with van der Waals surface area (Å²) in [7, 11) is 4.16. The van der Waals surface area contributed by atoms with Crippen LogP contribution < -0.4 is 10.2 Å².